The van der Waals surface area contributed by atoms with Gasteiger partial charge in [0.2, 0.25) is 15.9 Å². The number of nitrogens with zero attached hydrogens (tertiary/aromatic N) is 3. The molecule has 0 spiro atoms. The molecule has 2 atom stereocenters. The second-order valence-corrected chi connectivity index (χ2v) is 11.0. The summed E-state index contributed by atoms with van der Waals surface area (Å²) >= 11 is 0. The Morgan fingerprint density at radius 1 is 1.03 bits per heavy atom. The molecule has 2 saturated heterocycles. The van der Waals surface area contributed by atoms with Crippen LogP contribution in [0.15, 0.2) is 48.5 Å². The Morgan fingerprint density at radius 2 is 1.73 bits per heavy atom. The minimum atomic E-state index is -3.48. The van der Waals surface area contributed by atoms with Crippen molar-refractivity contribution in [3.8, 4) is 5.75 Å². The van der Waals surface area contributed by atoms with Gasteiger partial charge in [-0.25, -0.2) is 8.42 Å². The SMILES string of the molecule is COc1cc(CN2C(C)CCC(c3ccccc3)S2(=O)=O)ccc1N1CCN(C(C)=O)CC1. The van der Waals surface area contributed by atoms with Crippen LogP contribution < -0.4 is 9.64 Å². The highest BCUT2D eigenvalue weighted by atomic mass is 32.2. The van der Waals surface area contributed by atoms with Crippen molar-refractivity contribution in [1.82, 2.24) is 9.21 Å². The predicted molar refractivity (Wildman–Crippen MR) is 130 cm³/mol. The van der Waals surface area contributed by atoms with E-state index in [0.29, 0.717) is 26.1 Å². The number of hydrogen-bond donors (Lipinski definition) is 0. The Kier molecular flexibility index (Phi) is 6.95. The molecule has 0 saturated carbocycles. The minimum Gasteiger partial charge on any atom is -0.495 e. The van der Waals surface area contributed by atoms with Crippen molar-refractivity contribution in [3.05, 3.63) is 59.7 Å². The standard InChI is InChI=1S/C25H33N3O4S/c1-19-9-12-25(22-7-5-4-6-8-22)33(30,31)28(19)18-21-10-11-23(24(17-21)32-3)27-15-13-26(14-16-27)20(2)29/h4-8,10-11,17,19,25H,9,12-16,18H2,1-3H3. The molecule has 2 aromatic rings. The lowest BCUT2D eigenvalue weighted by atomic mass is 10.0. The predicted octanol–water partition coefficient (Wildman–Crippen LogP) is 3.42. The third kappa shape index (κ3) is 4.87. The number of hydrogen-bond acceptors (Lipinski definition) is 5. The van der Waals surface area contributed by atoms with E-state index in [1.807, 2.05) is 60.4 Å². The average Bonchev–Trinajstić information content (AvgIpc) is 2.82. The zero-order valence-electron chi connectivity index (χ0n) is 19.6. The number of benzene rings is 2. The van der Waals surface area contributed by atoms with Crippen molar-refractivity contribution < 1.29 is 17.9 Å². The van der Waals surface area contributed by atoms with E-state index in [4.69, 9.17) is 4.74 Å². The summed E-state index contributed by atoms with van der Waals surface area (Å²) in [4.78, 5) is 15.7. The van der Waals surface area contributed by atoms with Crippen LogP contribution in [0.4, 0.5) is 5.69 Å². The van der Waals surface area contributed by atoms with E-state index < -0.39 is 15.3 Å². The van der Waals surface area contributed by atoms with E-state index >= 15 is 0 Å². The third-order valence-corrected chi connectivity index (χ3v) is 9.21. The normalized spacial score (nSPS) is 23.4. The fourth-order valence-corrected chi connectivity index (χ4v) is 7.07. The molecule has 7 nitrogen and oxygen atoms in total. The van der Waals surface area contributed by atoms with E-state index in [9.17, 15) is 13.2 Å². The van der Waals surface area contributed by atoms with Crippen LogP contribution in [0.3, 0.4) is 0 Å². The van der Waals surface area contributed by atoms with Gasteiger partial charge in [-0.1, -0.05) is 36.4 Å². The van der Waals surface area contributed by atoms with Crippen molar-refractivity contribution in [2.45, 2.75) is 44.5 Å². The summed E-state index contributed by atoms with van der Waals surface area (Å²) in [5, 5.41) is -0.506. The lowest BCUT2D eigenvalue weighted by molar-refractivity contribution is -0.129. The summed E-state index contributed by atoms with van der Waals surface area (Å²) in [5.41, 5.74) is 2.73. The van der Waals surface area contributed by atoms with Gasteiger partial charge < -0.3 is 14.5 Å². The zero-order valence-corrected chi connectivity index (χ0v) is 20.4. The molecule has 0 bridgehead atoms. The van der Waals surface area contributed by atoms with Gasteiger partial charge >= 0.3 is 0 Å². The van der Waals surface area contributed by atoms with Crippen molar-refractivity contribution in [3.63, 3.8) is 0 Å². The molecule has 2 unspecified atom stereocenters. The number of amides is 1. The largest absolute Gasteiger partial charge is 0.495 e. The number of carbonyl (C=O) groups is 1. The number of carbonyl (C=O) groups excluding carboxylic acids is 1. The number of ether oxygens (including phenoxy) is 1. The Labute approximate surface area is 197 Å². The minimum absolute atomic E-state index is 0.0553. The summed E-state index contributed by atoms with van der Waals surface area (Å²) in [5.74, 6) is 0.827. The molecule has 2 aliphatic rings. The highest BCUT2D eigenvalue weighted by Crippen LogP contribution is 2.39. The Morgan fingerprint density at radius 3 is 2.36 bits per heavy atom. The van der Waals surface area contributed by atoms with Gasteiger partial charge in [0.05, 0.1) is 12.8 Å². The average molecular weight is 472 g/mol. The van der Waals surface area contributed by atoms with Crippen LogP contribution >= 0.6 is 0 Å². The quantitative estimate of drug-likeness (QED) is 0.668. The summed E-state index contributed by atoms with van der Waals surface area (Å²) in [6.45, 7) is 6.76. The van der Waals surface area contributed by atoms with Crippen LogP contribution in [-0.2, 0) is 21.4 Å². The summed E-state index contributed by atoms with van der Waals surface area (Å²) in [6.07, 6.45) is 1.47. The lowest BCUT2D eigenvalue weighted by Crippen LogP contribution is -2.48. The molecule has 2 heterocycles. The molecule has 178 valence electrons. The first-order chi connectivity index (χ1) is 15.8. The van der Waals surface area contributed by atoms with Gasteiger partial charge in [-0.2, -0.15) is 4.31 Å². The van der Waals surface area contributed by atoms with Gasteiger partial charge in [0.1, 0.15) is 11.0 Å². The zero-order chi connectivity index (χ0) is 23.6. The third-order valence-electron chi connectivity index (χ3n) is 6.84. The maximum atomic E-state index is 13.5. The van der Waals surface area contributed by atoms with Gasteiger partial charge in [0.25, 0.3) is 0 Å². The molecule has 8 heteroatoms. The Balaban J connectivity index is 1.54. The molecule has 0 aliphatic carbocycles. The topological polar surface area (TPSA) is 70.2 Å². The van der Waals surface area contributed by atoms with Crippen LogP contribution in [0.1, 0.15) is 43.1 Å². The van der Waals surface area contributed by atoms with Gasteiger partial charge in [0, 0.05) is 45.7 Å². The molecular formula is C25H33N3O4S. The van der Waals surface area contributed by atoms with Crippen molar-refractivity contribution >= 4 is 21.6 Å². The maximum Gasteiger partial charge on any atom is 0.221 e. The number of piperazine rings is 1. The fourth-order valence-electron chi connectivity index (χ4n) is 4.88. The number of anilines is 1. The smallest absolute Gasteiger partial charge is 0.221 e. The molecule has 4 rings (SSSR count). The molecule has 0 aromatic heterocycles. The van der Waals surface area contributed by atoms with E-state index in [0.717, 1.165) is 42.1 Å². The van der Waals surface area contributed by atoms with Crippen LogP contribution in [0.5, 0.6) is 5.75 Å². The maximum absolute atomic E-state index is 13.5. The second kappa shape index (κ2) is 9.73. The van der Waals surface area contributed by atoms with E-state index in [2.05, 4.69) is 4.90 Å². The van der Waals surface area contributed by atoms with Crippen molar-refractivity contribution in [2.75, 3.05) is 38.2 Å². The molecular weight excluding hydrogens is 438 g/mol. The second-order valence-electron chi connectivity index (χ2n) is 8.92. The summed E-state index contributed by atoms with van der Waals surface area (Å²) < 4.78 is 34.4. The highest BCUT2D eigenvalue weighted by molar-refractivity contribution is 7.89. The molecule has 2 fully saturated rings. The van der Waals surface area contributed by atoms with Crippen LogP contribution in [0.2, 0.25) is 0 Å². The number of sulfonamides is 1. The van der Waals surface area contributed by atoms with E-state index in [1.54, 1.807) is 18.3 Å². The van der Waals surface area contributed by atoms with E-state index in [-0.39, 0.29) is 11.9 Å². The van der Waals surface area contributed by atoms with Crippen LogP contribution in [0, 0.1) is 0 Å². The van der Waals surface area contributed by atoms with E-state index in [1.165, 1.54) is 0 Å². The lowest BCUT2D eigenvalue weighted by Gasteiger charge is -2.38. The van der Waals surface area contributed by atoms with Crippen molar-refractivity contribution in [2.24, 2.45) is 0 Å². The van der Waals surface area contributed by atoms with Gasteiger partial charge in [0.15, 0.2) is 0 Å². The first-order valence-electron chi connectivity index (χ1n) is 11.5. The molecule has 1 amide bonds. The Hall–Kier alpha value is -2.58. The van der Waals surface area contributed by atoms with Crippen LogP contribution in [-0.4, -0.2) is 62.9 Å². The van der Waals surface area contributed by atoms with Gasteiger partial charge in [-0.05, 0) is 43.0 Å². The van der Waals surface area contributed by atoms with Crippen molar-refractivity contribution in [1.29, 1.82) is 0 Å². The molecule has 33 heavy (non-hydrogen) atoms. The van der Waals surface area contributed by atoms with Crippen LogP contribution in [0.25, 0.3) is 0 Å². The highest BCUT2D eigenvalue weighted by Gasteiger charge is 2.40. The number of rotatable bonds is 5. The fraction of sp³-hybridized carbons (Fsp3) is 0.480. The number of methoxy groups -OCH3 is 1. The first-order valence-corrected chi connectivity index (χ1v) is 13.0. The first kappa shape index (κ1) is 23.6. The van der Waals surface area contributed by atoms with Gasteiger partial charge in [-0.3, -0.25) is 4.79 Å². The molecule has 2 aromatic carbocycles. The Bertz CT molecular complexity index is 1080. The molecule has 2 aliphatic heterocycles. The molecule has 0 radical (unpaired) electrons. The summed E-state index contributed by atoms with van der Waals surface area (Å²) in [6, 6.07) is 15.4. The monoisotopic (exact) mass is 471 g/mol. The summed E-state index contributed by atoms with van der Waals surface area (Å²) in [7, 11) is -1.85. The van der Waals surface area contributed by atoms with Gasteiger partial charge in [-0.15, -0.1) is 0 Å². The molecule has 0 N–H and O–H groups in total.